The molecular weight excluding hydrogens is 316 g/mol. The van der Waals surface area contributed by atoms with Crippen LogP contribution in [0.2, 0.25) is 0 Å². The van der Waals surface area contributed by atoms with Gasteiger partial charge in [-0.05, 0) is 39.7 Å². The lowest BCUT2D eigenvalue weighted by atomic mass is 10.0. The molecule has 1 atom stereocenters. The van der Waals surface area contributed by atoms with Crippen molar-refractivity contribution in [2.24, 2.45) is 0 Å². The molecule has 0 aliphatic rings. The van der Waals surface area contributed by atoms with Gasteiger partial charge in [0, 0.05) is 12.0 Å². The molecule has 1 aromatic carbocycles. The molecule has 0 N–H and O–H groups in total. The van der Waals surface area contributed by atoms with Crippen LogP contribution in [0.15, 0.2) is 39.4 Å². The first-order valence-corrected chi connectivity index (χ1v) is 6.94. The molecule has 0 amide bonds. The van der Waals surface area contributed by atoms with E-state index in [1.165, 1.54) is 0 Å². The number of furan rings is 1. The van der Waals surface area contributed by atoms with Crippen molar-refractivity contribution in [3.8, 4) is 5.75 Å². The van der Waals surface area contributed by atoms with Crippen LogP contribution in [0.4, 0.5) is 0 Å². The van der Waals surface area contributed by atoms with Crippen LogP contribution in [0.5, 0.6) is 5.75 Å². The van der Waals surface area contributed by atoms with Crippen LogP contribution in [0.3, 0.4) is 0 Å². The number of benzene rings is 1. The number of methoxy groups -OCH3 is 1. The summed E-state index contributed by atoms with van der Waals surface area (Å²) >= 11 is 9.97. The molecule has 2 nitrogen and oxygen atoms in total. The minimum atomic E-state index is -0.207. The minimum absolute atomic E-state index is 0.207. The fourth-order valence-corrected chi connectivity index (χ4v) is 2.77. The number of ether oxygens (including phenoxy) is 1. The maximum atomic E-state index is 6.50. The van der Waals surface area contributed by atoms with E-state index in [0.29, 0.717) is 0 Å². The van der Waals surface area contributed by atoms with Crippen LogP contribution in [0.25, 0.3) is 0 Å². The van der Waals surface area contributed by atoms with E-state index in [1.54, 1.807) is 13.4 Å². The van der Waals surface area contributed by atoms with Gasteiger partial charge in [0.05, 0.1) is 23.2 Å². The molecule has 0 aliphatic heterocycles. The molecule has 4 heteroatoms. The monoisotopic (exact) mass is 328 g/mol. The summed E-state index contributed by atoms with van der Waals surface area (Å²) in [5.41, 5.74) is 2.04. The number of alkyl halides is 1. The zero-order valence-corrected chi connectivity index (χ0v) is 12.6. The van der Waals surface area contributed by atoms with E-state index in [0.717, 1.165) is 33.5 Å². The first-order valence-electron chi connectivity index (χ1n) is 5.71. The van der Waals surface area contributed by atoms with E-state index < -0.39 is 0 Å². The Bertz CT molecular complexity index is 536. The Kier molecular flexibility index (Phi) is 4.36. The maximum absolute atomic E-state index is 6.50. The van der Waals surface area contributed by atoms with Crippen LogP contribution >= 0.6 is 27.5 Å². The third kappa shape index (κ3) is 2.57. The largest absolute Gasteiger partial charge is 0.496 e. The summed E-state index contributed by atoms with van der Waals surface area (Å²) in [5, 5.41) is -0.207. The zero-order chi connectivity index (χ0) is 13.1. The second-order valence-corrected chi connectivity index (χ2v) is 5.20. The lowest BCUT2D eigenvalue weighted by Gasteiger charge is -2.12. The van der Waals surface area contributed by atoms with Crippen LogP contribution in [0.1, 0.15) is 29.2 Å². The average Bonchev–Trinajstić information content (AvgIpc) is 2.86. The SMILES string of the molecule is CCc1occc1C(Cl)c1ccc(OC)c(Br)c1. The highest BCUT2D eigenvalue weighted by molar-refractivity contribution is 9.10. The van der Waals surface area contributed by atoms with Gasteiger partial charge < -0.3 is 9.15 Å². The molecular formula is C14H14BrClO2. The van der Waals surface area contributed by atoms with Crippen molar-refractivity contribution in [3.63, 3.8) is 0 Å². The second kappa shape index (κ2) is 5.81. The fourth-order valence-electron chi connectivity index (χ4n) is 1.88. The normalized spacial score (nSPS) is 12.4. The molecule has 0 bridgehead atoms. The summed E-state index contributed by atoms with van der Waals surface area (Å²) in [4.78, 5) is 0. The predicted octanol–water partition coefficient (Wildman–Crippen LogP) is 4.94. The molecule has 0 saturated carbocycles. The first kappa shape index (κ1) is 13.5. The Balaban J connectivity index is 2.34. The molecule has 96 valence electrons. The van der Waals surface area contributed by atoms with Crippen molar-refractivity contribution in [1.29, 1.82) is 0 Å². The molecule has 2 aromatic rings. The predicted molar refractivity (Wildman–Crippen MR) is 76.5 cm³/mol. The molecule has 0 spiro atoms. The third-order valence-electron chi connectivity index (χ3n) is 2.84. The summed E-state index contributed by atoms with van der Waals surface area (Å²) in [7, 11) is 1.64. The van der Waals surface area contributed by atoms with Crippen molar-refractivity contribution in [2.75, 3.05) is 7.11 Å². The van der Waals surface area contributed by atoms with Gasteiger partial charge in [0.1, 0.15) is 11.5 Å². The summed E-state index contributed by atoms with van der Waals surface area (Å²) in [6.45, 7) is 2.05. The van der Waals surface area contributed by atoms with Crippen LogP contribution in [-0.4, -0.2) is 7.11 Å². The molecule has 0 radical (unpaired) electrons. The highest BCUT2D eigenvalue weighted by atomic mass is 79.9. The van der Waals surface area contributed by atoms with Crippen molar-refractivity contribution >= 4 is 27.5 Å². The smallest absolute Gasteiger partial charge is 0.133 e. The van der Waals surface area contributed by atoms with Gasteiger partial charge in [-0.2, -0.15) is 0 Å². The van der Waals surface area contributed by atoms with Crippen molar-refractivity contribution in [2.45, 2.75) is 18.7 Å². The van der Waals surface area contributed by atoms with E-state index in [2.05, 4.69) is 22.9 Å². The van der Waals surface area contributed by atoms with Gasteiger partial charge >= 0.3 is 0 Å². The second-order valence-electron chi connectivity index (χ2n) is 3.91. The quantitative estimate of drug-likeness (QED) is 0.741. The van der Waals surface area contributed by atoms with Gasteiger partial charge in [-0.15, -0.1) is 11.6 Å². The number of halogens is 2. The number of aryl methyl sites for hydroxylation is 1. The van der Waals surface area contributed by atoms with Crippen molar-refractivity contribution in [3.05, 3.63) is 51.9 Å². The Morgan fingerprint density at radius 1 is 1.39 bits per heavy atom. The van der Waals surface area contributed by atoms with Gasteiger partial charge in [0.2, 0.25) is 0 Å². The fraction of sp³-hybridized carbons (Fsp3) is 0.286. The standard InChI is InChI=1S/C14H14BrClO2/c1-3-12-10(6-7-18-12)14(16)9-4-5-13(17-2)11(15)8-9/h4-8,14H,3H2,1-2H3. The Labute approximate surface area is 120 Å². The first-order chi connectivity index (χ1) is 8.67. The molecule has 18 heavy (non-hydrogen) atoms. The number of rotatable bonds is 4. The van der Waals surface area contributed by atoms with Crippen molar-refractivity contribution in [1.82, 2.24) is 0 Å². The topological polar surface area (TPSA) is 22.4 Å². The third-order valence-corrected chi connectivity index (χ3v) is 3.95. The highest BCUT2D eigenvalue weighted by Crippen LogP contribution is 2.35. The molecule has 1 heterocycles. The summed E-state index contributed by atoms with van der Waals surface area (Å²) in [6, 6.07) is 7.77. The average molecular weight is 330 g/mol. The van der Waals surface area contributed by atoms with Crippen LogP contribution in [-0.2, 0) is 6.42 Å². The Morgan fingerprint density at radius 2 is 2.17 bits per heavy atom. The molecule has 0 saturated heterocycles. The lowest BCUT2D eigenvalue weighted by molar-refractivity contribution is 0.412. The summed E-state index contributed by atoms with van der Waals surface area (Å²) in [5.74, 6) is 1.73. The number of hydrogen-bond donors (Lipinski definition) is 0. The van der Waals surface area contributed by atoms with E-state index in [9.17, 15) is 0 Å². The van der Waals surface area contributed by atoms with E-state index in [-0.39, 0.29) is 5.38 Å². The van der Waals surface area contributed by atoms with Crippen LogP contribution < -0.4 is 4.74 Å². The van der Waals surface area contributed by atoms with Gasteiger partial charge in [-0.1, -0.05) is 13.0 Å². The molecule has 0 aliphatic carbocycles. The molecule has 1 unspecified atom stereocenters. The van der Waals surface area contributed by atoms with Gasteiger partial charge in [-0.3, -0.25) is 0 Å². The highest BCUT2D eigenvalue weighted by Gasteiger charge is 2.17. The molecule has 0 fully saturated rings. The summed E-state index contributed by atoms with van der Waals surface area (Å²) < 4.78 is 11.5. The van der Waals surface area contributed by atoms with E-state index in [1.807, 2.05) is 24.3 Å². The Morgan fingerprint density at radius 3 is 2.78 bits per heavy atom. The summed E-state index contributed by atoms with van der Waals surface area (Å²) in [6.07, 6.45) is 2.52. The Hall–Kier alpha value is -0.930. The molecule has 2 rings (SSSR count). The van der Waals surface area contributed by atoms with Gasteiger partial charge in [0.25, 0.3) is 0 Å². The van der Waals surface area contributed by atoms with E-state index >= 15 is 0 Å². The van der Waals surface area contributed by atoms with Gasteiger partial charge in [0.15, 0.2) is 0 Å². The molecule has 1 aromatic heterocycles. The minimum Gasteiger partial charge on any atom is -0.496 e. The van der Waals surface area contributed by atoms with Crippen LogP contribution in [0, 0.1) is 0 Å². The van der Waals surface area contributed by atoms with E-state index in [4.69, 9.17) is 20.8 Å². The number of hydrogen-bond acceptors (Lipinski definition) is 2. The maximum Gasteiger partial charge on any atom is 0.133 e. The lowest BCUT2D eigenvalue weighted by Crippen LogP contribution is -1.96. The zero-order valence-electron chi connectivity index (χ0n) is 10.2. The van der Waals surface area contributed by atoms with Crippen molar-refractivity contribution < 1.29 is 9.15 Å². The van der Waals surface area contributed by atoms with Gasteiger partial charge in [-0.25, -0.2) is 0 Å².